The summed E-state index contributed by atoms with van der Waals surface area (Å²) in [6.45, 7) is 2.34. The normalized spacial score (nSPS) is 11.1. The van der Waals surface area contributed by atoms with Gasteiger partial charge in [0, 0.05) is 0 Å². The fraction of sp³-hybridized carbons (Fsp3) is 0.143. The van der Waals surface area contributed by atoms with Crippen molar-refractivity contribution in [3.63, 3.8) is 0 Å². The molecule has 0 saturated carbocycles. The number of halogens is 1. The Kier molecular flexibility index (Phi) is 4.52. The van der Waals surface area contributed by atoms with E-state index in [0.29, 0.717) is 23.1 Å². The second kappa shape index (κ2) is 6.15. The predicted molar refractivity (Wildman–Crippen MR) is 79.9 cm³/mol. The van der Waals surface area contributed by atoms with Crippen LogP contribution in [-0.4, -0.2) is 15.0 Å². The minimum Gasteiger partial charge on any atom is -0.492 e. The monoisotopic (exact) mass is 311 g/mol. The maximum atomic E-state index is 12.1. The first-order valence-electron chi connectivity index (χ1n) is 6.03. The molecule has 0 aliphatic carbocycles. The number of sulfonamides is 1. The summed E-state index contributed by atoms with van der Waals surface area (Å²) in [7, 11) is -3.60. The van der Waals surface area contributed by atoms with Crippen molar-refractivity contribution in [2.45, 2.75) is 11.8 Å². The van der Waals surface area contributed by atoms with Crippen LogP contribution in [0.2, 0.25) is 5.02 Å². The molecule has 0 bridgehead atoms. The highest BCUT2D eigenvalue weighted by atomic mass is 35.5. The van der Waals surface area contributed by atoms with E-state index in [9.17, 15) is 8.42 Å². The summed E-state index contributed by atoms with van der Waals surface area (Å²) in [6.07, 6.45) is 0. The van der Waals surface area contributed by atoms with Gasteiger partial charge in [-0.3, -0.25) is 4.72 Å². The summed E-state index contributed by atoms with van der Waals surface area (Å²) in [5, 5.41) is 0.361. The summed E-state index contributed by atoms with van der Waals surface area (Å²) in [5.41, 5.74) is 0.391. The zero-order valence-electron chi connectivity index (χ0n) is 10.8. The van der Waals surface area contributed by atoms with E-state index in [1.165, 1.54) is 18.2 Å². The number of anilines is 1. The maximum Gasteiger partial charge on any atom is 0.261 e. The van der Waals surface area contributed by atoms with Crippen LogP contribution in [0.3, 0.4) is 0 Å². The van der Waals surface area contributed by atoms with Crippen LogP contribution >= 0.6 is 11.6 Å². The lowest BCUT2D eigenvalue weighted by molar-refractivity contribution is 0.340. The first-order valence-corrected chi connectivity index (χ1v) is 7.89. The van der Waals surface area contributed by atoms with Gasteiger partial charge in [0.15, 0.2) is 0 Å². The van der Waals surface area contributed by atoms with E-state index < -0.39 is 10.0 Å². The van der Waals surface area contributed by atoms with Crippen molar-refractivity contribution in [3.05, 3.63) is 53.6 Å². The Morgan fingerprint density at radius 2 is 1.85 bits per heavy atom. The molecule has 6 heteroatoms. The van der Waals surface area contributed by atoms with Gasteiger partial charge in [-0.05, 0) is 37.3 Å². The van der Waals surface area contributed by atoms with Crippen molar-refractivity contribution in [2.24, 2.45) is 0 Å². The molecule has 2 aromatic rings. The fourth-order valence-electron chi connectivity index (χ4n) is 1.65. The van der Waals surface area contributed by atoms with Crippen LogP contribution in [0, 0.1) is 0 Å². The predicted octanol–water partition coefficient (Wildman–Crippen LogP) is 3.54. The van der Waals surface area contributed by atoms with E-state index >= 15 is 0 Å². The SMILES string of the molecule is CCOc1ccc(NS(=O)(=O)c2ccccc2)cc1Cl. The van der Waals surface area contributed by atoms with Crippen LogP contribution in [0.4, 0.5) is 5.69 Å². The number of ether oxygens (including phenoxy) is 1. The molecular formula is C14H14ClNO3S. The first kappa shape index (κ1) is 14.7. The van der Waals surface area contributed by atoms with Crippen molar-refractivity contribution in [1.29, 1.82) is 0 Å². The van der Waals surface area contributed by atoms with Crippen molar-refractivity contribution < 1.29 is 13.2 Å². The van der Waals surface area contributed by atoms with Gasteiger partial charge in [0.05, 0.1) is 22.2 Å². The molecule has 0 aromatic heterocycles. The minimum absolute atomic E-state index is 0.199. The van der Waals surface area contributed by atoms with Crippen LogP contribution in [0.25, 0.3) is 0 Å². The maximum absolute atomic E-state index is 12.1. The molecule has 4 nitrogen and oxygen atoms in total. The summed E-state index contributed by atoms with van der Waals surface area (Å²) in [6, 6.07) is 12.9. The van der Waals surface area contributed by atoms with Gasteiger partial charge in [0.2, 0.25) is 0 Å². The van der Waals surface area contributed by atoms with Crippen LogP contribution in [0.15, 0.2) is 53.4 Å². The van der Waals surface area contributed by atoms with Crippen molar-refractivity contribution in [3.8, 4) is 5.75 Å². The third kappa shape index (κ3) is 3.43. The van der Waals surface area contributed by atoms with E-state index in [0.717, 1.165) is 0 Å². The quantitative estimate of drug-likeness (QED) is 0.919. The molecule has 0 fully saturated rings. The van der Waals surface area contributed by atoms with Gasteiger partial charge in [-0.25, -0.2) is 8.42 Å². The molecule has 0 amide bonds. The van der Waals surface area contributed by atoms with Crippen LogP contribution in [-0.2, 0) is 10.0 Å². The second-order valence-electron chi connectivity index (χ2n) is 4.00. The Hall–Kier alpha value is -1.72. The number of benzene rings is 2. The lowest BCUT2D eigenvalue weighted by Crippen LogP contribution is -2.12. The van der Waals surface area contributed by atoms with Crippen LogP contribution in [0.5, 0.6) is 5.75 Å². The lowest BCUT2D eigenvalue weighted by Gasteiger charge is -2.10. The highest BCUT2D eigenvalue weighted by Gasteiger charge is 2.14. The molecule has 0 aliphatic rings. The minimum atomic E-state index is -3.60. The molecule has 0 atom stereocenters. The summed E-state index contributed by atoms with van der Waals surface area (Å²) in [5.74, 6) is 0.525. The first-order chi connectivity index (χ1) is 9.53. The Balaban J connectivity index is 2.24. The second-order valence-corrected chi connectivity index (χ2v) is 6.09. The van der Waals surface area contributed by atoms with Crippen molar-refractivity contribution in [2.75, 3.05) is 11.3 Å². The van der Waals surface area contributed by atoms with Gasteiger partial charge in [0.25, 0.3) is 10.0 Å². The molecule has 0 saturated heterocycles. The summed E-state index contributed by atoms with van der Waals surface area (Å²) in [4.78, 5) is 0.199. The van der Waals surface area contributed by atoms with Crippen molar-refractivity contribution >= 4 is 27.3 Å². The van der Waals surface area contributed by atoms with E-state index in [4.69, 9.17) is 16.3 Å². The van der Waals surface area contributed by atoms with Gasteiger partial charge >= 0.3 is 0 Å². The van der Waals surface area contributed by atoms with Crippen LogP contribution in [0.1, 0.15) is 6.92 Å². The molecular weight excluding hydrogens is 298 g/mol. The number of hydrogen-bond donors (Lipinski definition) is 1. The highest BCUT2D eigenvalue weighted by Crippen LogP contribution is 2.28. The fourth-order valence-corrected chi connectivity index (χ4v) is 2.96. The third-order valence-corrected chi connectivity index (χ3v) is 4.23. The molecule has 20 heavy (non-hydrogen) atoms. The van der Waals surface area contributed by atoms with Crippen molar-refractivity contribution in [1.82, 2.24) is 0 Å². The number of nitrogens with one attached hydrogen (secondary N) is 1. The molecule has 0 aliphatic heterocycles. The standard InChI is InChI=1S/C14H14ClNO3S/c1-2-19-14-9-8-11(10-13(14)15)16-20(17,18)12-6-4-3-5-7-12/h3-10,16H,2H2,1H3. The zero-order chi connectivity index (χ0) is 14.6. The molecule has 2 rings (SSSR count). The highest BCUT2D eigenvalue weighted by molar-refractivity contribution is 7.92. The molecule has 0 spiro atoms. The molecule has 106 valence electrons. The molecule has 0 heterocycles. The Morgan fingerprint density at radius 1 is 1.15 bits per heavy atom. The smallest absolute Gasteiger partial charge is 0.261 e. The third-order valence-electron chi connectivity index (χ3n) is 2.54. The average molecular weight is 312 g/mol. The van der Waals surface area contributed by atoms with Gasteiger partial charge in [-0.15, -0.1) is 0 Å². The largest absolute Gasteiger partial charge is 0.492 e. The Labute approximate surface area is 123 Å². The average Bonchev–Trinajstić information content (AvgIpc) is 2.43. The number of hydrogen-bond acceptors (Lipinski definition) is 3. The van der Waals surface area contributed by atoms with E-state index in [2.05, 4.69) is 4.72 Å². The lowest BCUT2D eigenvalue weighted by atomic mass is 10.3. The summed E-state index contributed by atoms with van der Waals surface area (Å²) >= 11 is 6.02. The Bertz CT molecular complexity index is 687. The van der Waals surface area contributed by atoms with Gasteiger partial charge in [-0.2, -0.15) is 0 Å². The molecule has 0 unspecified atom stereocenters. The zero-order valence-corrected chi connectivity index (χ0v) is 12.4. The van der Waals surface area contributed by atoms with Gasteiger partial charge in [0.1, 0.15) is 5.75 Å². The molecule has 1 N–H and O–H groups in total. The van der Waals surface area contributed by atoms with E-state index in [-0.39, 0.29) is 4.90 Å². The van der Waals surface area contributed by atoms with Gasteiger partial charge < -0.3 is 4.74 Å². The Morgan fingerprint density at radius 3 is 2.45 bits per heavy atom. The van der Waals surface area contributed by atoms with Crippen LogP contribution < -0.4 is 9.46 Å². The molecule has 0 radical (unpaired) electrons. The summed E-state index contributed by atoms with van der Waals surface area (Å²) < 4.78 is 32.1. The van der Waals surface area contributed by atoms with Gasteiger partial charge in [-0.1, -0.05) is 29.8 Å². The topological polar surface area (TPSA) is 55.4 Å². The molecule has 2 aromatic carbocycles. The van der Waals surface area contributed by atoms with E-state index in [1.807, 2.05) is 6.92 Å². The number of rotatable bonds is 5. The van der Waals surface area contributed by atoms with E-state index in [1.54, 1.807) is 30.3 Å².